The molecule has 1 saturated heterocycles. The van der Waals surface area contributed by atoms with Crippen LogP contribution in [0, 0.1) is 0 Å². The third-order valence-electron chi connectivity index (χ3n) is 3.78. The summed E-state index contributed by atoms with van der Waals surface area (Å²) >= 11 is 0. The molecule has 0 aliphatic carbocycles. The topological polar surface area (TPSA) is 44.3 Å². The van der Waals surface area contributed by atoms with Gasteiger partial charge in [0.15, 0.2) is 0 Å². The Labute approximate surface area is 119 Å². The summed E-state index contributed by atoms with van der Waals surface area (Å²) in [4.78, 5) is 13.8. The molecule has 1 aromatic carbocycles. The highest BCUT2D eigenvalue weighted by atomic mass is 15.2. The third kappa shape index (κ3) is 3.23. The third-order valence-corrected chi connectivity index (χ3v) is 3.78. The number of benzene rings is 1. The summed E-state index contributed by atoms with van der Waals surface area (Å²) in [6, 6.07) is 7.95. The van der Waals surface area contributed by atoms with Crippen LogP contribution < -0.4 is 5.32 Å². The first-order valence-corrected chi connectivity index (χ1v) is 7.18. The van der Waals surface area contributed by atoms with Gasteiger partial charge in [-0.1, -0.05) is 12.1 Å². The first-order chi connectivity index (χ1) is 9.81. The van der Waals surface area contributed by atoms with Crippen LogP contribution in [0.5, 0.6) is 0 Å². The normalized spacial score (nSPS) is 17.4. The molecule has 1 aromatic heterocycles. The van der Waals surface area contributed by atoms with Crippen LogP contribution in [0.4, 0.5) is 5.82 Å². The highest BCUT2D eigenvalue weighted by Crippen LogP contribution is 2.11. The molecule has 3 rings (SSSR count). The fourth-order valence-electron chi connectivity index (χ4n) is 2.46. The SMILES string of the molecule is CN1CCN(CCNc2cnc3ccccc3n2)CC1. The number of anilines is 1. The van der Waals surface area contributed by atoms with Gasteiger partial charge in [-0.2, -0.15) is 0 Å². The number of rotatable bonds is 4. The Morgan fingerprint density at radius 2 is 1.85 bits per heavy atom. The lowest BCUT2D eigenvalue weighted by Crippen LogP contribution is -2.45. The zero-order valence-corrected chi connectivity index (χ0v) is 11.9. The van der Waals surface area contributed by atoms with Gasteiger partial charge in [0.2, 0.25) is 0 Å². The number of nitrogens with zero attached hydrogens (tertiary/aromatic N) is 4. The zero-order chi connectivity index (χ0) is 13.8. The Hall–Kier alpha value is -1.72. The van der Waals surface area contributed by atoms with Crippen LogP contribution in [0.1, 0.15) is 0 Å². The molecule has 0 radical (unpaired) electrons. The van der Waals surface area contributed by atoms with Crippen LogP contribution >= 0.6 is 0 Å². The van der Waals surface area contributed by atoms with Crippen molar-refractivity contribution in [1.82, 2.24) is 19.8 Å². The Morgan fingerprint density at radius 1 is 1.10 bits per heavy atom. The molecule has 1 aliphatic heterocycles. The fourth-order valence-corrected chi connectivity index (χ4v) is 2.46. The van der Waals surface area contributed by atoms with E-state index >= 15 is 0 Å². The van der Waals surface area contributed by atoms with Crippen molar-refractivity contribution < 1.29 is 0 Å². The number of fused-ring (bicyclic) bond motifs is 1. The van der Waals surface area contributed by atoms with Gasteiger partial charge in [0, 0.05) is 39.3 Å². The van der Waals surface area contributed by atoms with Crippen LogP contribution in [-0.2, 0) is 0 Å². The predicted octanol–water partition coefficient (Wildman–Crippen LogP) is 1.29. The standard InChI is InChI=1S/C15H21N5/c1-19-8-10-20(11-9-19)7-6-16-15-12-17-13-4-2-3-5-14(13)18-15/h2-5,12H,6-11H2,1H3,(H,16,18). The minimum absolute atomic E-state index is 0.859. The van der Waals surface area contributed by atoms with E-state index in [1.165, 1.54) is 0 Å². The van der Waals surface area contributed by atoms with Gasteiger partial charge in [-0.3, -0.25) is 9.88 Å². The number of aromatic nitrogens is 2. The molecular weight excluding hydrogens is 250 g/mol. The molecule has 1 N–H and O–H groups in total. The van der Waals surface area contributed by atoms with E-state index in [2.05, 4.69) is 32.1 Å². The number of likely N-dealkylation sites (N-methyl/N-ethyl adjacent to an activating group) is 1. The second kappa shape index (κ2) is 6.15. The second-order valence-electron chi connectivity index (χ2n) is 5.32. The molecule has 5 heteroatoms. The maximum atomic E-state index is 4.57. The first-order valence-electron chi connectivity index (χ1n) is 7.18. The molecule has 1 fully saturated rings. The van der Waals surface area contributed by atoms with E-state index in [1.807, 2.05) is 30.5 Å². The maximum absolute atomic E-state index is 4.57. The zero-order valence-electron chi connectivity index (χ0n) is 11.9. The molecule has 0 bridgehead atoms. The van der Waals surface area contributed by atoms with Crippen LogP contribution in [0.25, 0.3) is 11.0 Å². The lowest BCUT2D eigenvalue weighted by Gasteiger charge is -2.32. The van der Waals surface area contributed by atoms with E-state index in [0.717, 1.165) is 56.1 Å². The van der Waals surface area contributed by atoms with Crippen LogP contribution in [0.2, 0.25) is 0 Å². The minimum atomic E-state index is 0.859. The fraction of sp³-hybridized carbons (Fsp3) is 0.467. The van der Waals surface area contributed by atoms with Crippen molar-refractivity contribution in [2.75, 3.05) is 51.6 Å². The largest absolute Gasteiger partial charge is 0.367 e. The maximum Gasteiger partial charge on any atom is 0.145 e. The van der Waals surface area contributed by atoms with Gasteiger partial charge in [-0.15, -0.1) is 0 Å². The lowest BCUT2D eigenvalue weighted by molar-refractivity contribution is 0.158. The lowest BCUT2D eigenvalue weighted by atomic mass is 10.3. The van der Waals surface area contributed by atoms with E-state index in [0.29, 0.717) is 0 Å². The molecule has 0 spiro atoms. The van der Waals surface area contributed by atoms with Crippen molar-refractivity contribution in [3.63, 3.8) is 0 Å². The molecule has 2 aromatic rings. The number of para-hydroxylation sites is 2. The van der Waals surface area contributed by atoms with Gasteiger partial charge in [0.05, 0.1) is 17.2 Å². The second-order valence-corrected chi connectivity index (χ2v) is 5.32. The molecule has 1 aliphatic rings. The van der Waals surface area contributed by atoms with E-state index in [9.17, 15) is 0 Å². The minimum Gasteiger partial charge on any atom is -0.367 e. The number of hydrogen-bond acceptors (Lipinski definition) is 5. The molecule has 0 atom stereocenters. The summed E-state index contributed by atoms with van der Waals surface area (Å²) in [5.41, 5.74) is 1.88. The van der Waals surface area contributed by atoms with Crippen molar-refractivity contribution >= 4 is 16.9 Å². The summed E-state index contributed by atoms with van der Waals surface area (Å²) in [6.45, 7) is 6.60. The molecule has 0 amide bonds. The van der Waals surface area contributed by atoms with Crippen molar-refractivity contribution in [2.24, 2.45) is 0 Å². The molecule has 5 nitrogen and oxygen atoms in total. The van der Waals surface area contributed by atoms with Gasteiger partial charge in [0.25, 0.3) is 0 Å². The number of hydrogen-bond donors (Lipinski definition) is 1. The van der Waals surface area contributed by atoms with E-state index in [-0.39, 0.29) is 0 Å². The summed E-state index contributed by atoms with van der Waals surface area (Å²) in [7, 11) is 2.18. The van der Waals surface area contributed by atoms with Crippen molar-refractivity contribution in [2.45, 2.75) is 0 Å². The number of nitrogens with one attached hydrogen (secondary N) is 1. The summed E-state index contributed by atoms with van der Waals surface area (Å²) in [5.74, 6) is 0.859. The number of piperazine rings is 1. The molecular formula is C15H21N5. The smallest absolute Gasteiger partial charge is 0.145 e. The highest BCUT2D eigenvalue weighted by molar-refractivity contribution is 5.75. The van der Waals surface area contributed by atoms with Gasteiger partial charge < -0.3 is 10.2 Å². The molecule has 20 heavy (non-hydrogen) atoms. The molecule has 2 heterocycles. The Morgan fingerprint density at radius 3 is 2.65 bits per heavy atom. The van der Waals surface area contributed by atoms with Crippen LogP contribution in [0.15, 0.2) is 30.5 Å². The molecule has 106 valence electrons. The van der Waals surface area contributed by atoms with Crippen LogP contribution in [0.3, 0.4) is 0 Å². The van der Waals surface area contributed by atoms with E-state index in [4.69, 9.17) is 0 Å². The van der Waals surface area contributed by atoms with E-state index < -0.39 is 0 Å². The van der Waals surface area contributed by atoms with Gasteiger partial charge in [-0.05, 0) is 19.2 Å². The monoisotopic (exact) mass is 271 g/mol. The van der Waals surface area contributed by atoms with Crippen molar-refractivity contribution in [3.8, 4) is 0 Å². The van der Waals surface area contributed by atoms with E-state index in [1.54, 1.807) is 0 Å². The molecule has 0 unspecified atom stereocenters. The summed E-state index contributed by atoms with van der Waals surface area (Å²) in [5, 5.41) is 3.37. The van der Waals surface area contributed by atoms with Crippen molar-refractivity contribution in [3.05, 3.63) is 30.5 Å². The summed E-state index contributed by atoms with van der Waals surface area (Å²) in [6.07, 6.45) is 1.81. The predicted molar refractivity (Wildman–Crippen MR) is 82.0 cm³/mol. The quantitative estimate of drug-likeness (QED) is 0.908. The van der Waals surface area contributed by atoms with Gasteiger partial charge in [-0.25, -0.2) is 4.98 Å². The Balaban J connectivity index is 1.52. The molecule has 0 saturated carbocycles. The summed E-state index contributed by atoms with van der Waals surface area (Å²) < 4.78 is 0. The average molecular weight is 271 g/mol. The first kappa shape index (κ1) is 13.3. The Bertz CT molecular complexity index is 563. The average Bonchev–Trinajstić information content (AvgIpc) is 2.49. The highest BCUT2D eigenvalue weighted by Gasteiger charge is 2.12. The van der Waals surface area contributed by atoms with Gasteiger partial charge >= 0.3 is 0 Å². The van der Waals surface area contributed by atoms with Gasteiger partial charge in [0.1, 0.15) is 5.82 Å². The Kier molecular flexibility index (Phi) is 4.08. The van der Waals surface area contributed by atoms with Crippen molar-refractivity contribution in [1.29, 1.82) is 0 Å². The van der Waals surface area contributed by atoms with Crippen LogP contribution in [-0.4, -0.2) is 66.1 Å².